The van der Waals surface area contributed by atoms with Crippen molar-refractivity contribution in [2.45, 2.75) is 24.4 Å². The smallest absolute Gasteiger partial charge is 0.267 e. The van der Waals surface area contributed by atoms with Gasteiger partial charge in [-0.05, 0) is 36.5 Å². The summed E-state index contributed by atoms with van der Waals surface area (Å²) in [6.07, 6.45) is 2.22. The summed E-state index contributed by atoms with van der Waals surface area (Å²) in [7, 11) is -3.65. The van der Waals surface area contributed by atoms with Crippen LogP contribution in [0.2, 0.25) is 0 Å². The van der Waals surface area contributed by atoms with E-state index in [4.69, 9.17) is 12.2 Å². The summed E-state index contributed by atoms with van der Waals surface area (Å²) in [4.78, 5) is 20.1. The lowest BCUT2D eigenvalue weighted by Crippen LogP contribution is -2.36. The number of aromatic nitrogens is 3. The highest BCUT2D eigenvalue weighted by Gasteiger charge is 2.23. The fourth-order valence-corrected chi connectivity index (χ4v) is 4.94. The summed E-state index contributed by atoms with van der Waals surface area (Å²) in [6, 6.07) is 11.9. The normalized spacial score (nSPS) is 14.8. The van der Waals surface area contributed by atoms with E-state index >= 15 is 0 Å². The van der Waals surface area contributed by atoms with E-state index < -0.39 is 10.0 Å². The molecular formula is C18H18N4O3S2. The number of hydrogen-bond donors (Lipinski definition) is 2. The van der Waals surface area contributed by atoms with E-state index in [1.165, 1.54) is 3.97 Å². The van der Waals surface area contributed by atoms with Crippen LogP contribution < -0.4 is 5.56 Å². The SMILES string of the molecule is O=c1[nH]c(=S)[nH]c2c1CN(Cc1cccn1S(=O)(=O)c1ccccc1)CC2. The van der Waals surface area contributed by atoms with Crippen molar-refractivity contribution in [3.63, 3.8) is 0 Å². The summed E-state index contributed by atoms with van der Waals surface area (Å²) < 4.78 is 27.5. The zero-order valence-electron chi connectivity index (χ0n) is 14.4. The van der Waals surface area contributed by atoms with Crippen LogP contribution in [-0.4, -0.2) is 33.8 Å². The molecule has 0 saturated heterocycles. The first-order chi connectivity index (χ1) is 12.9. The Morgan fingerprint density at radius 3 is 2.63 bits per heavy atom. The standard InChI is InChI=1S/C18H18N4O3S2/c23-17-15-12-21(10-8-16(15)19-18(26)20-17)11-13-5-4-9-22(13)27(24,25)14-6-2-1-3-7-14/h1-7,9H,8,10-12H2,(H2,19,20,23,26). The predicted molar refractivity (Wildman–Crippen MR) is 104 cm³/mol. The fraction of sp³-hybridized carbons (Fsp3) is 0.222. The minimum atomic E-state index is -3.65. The van der Waals surface area contributed by atoms with Crippen molar-refractivity contribution in [2.24, 2.45) is 0 Å². The number of nitrogens with one attached hydrogen (secondary N) is 2. The molecule has 2 N–H and O–H groups in total. The van der Waals surface area contributed by atoms with Crippen LogP contribution in [0.25, 0.3) is 0 Å². The van der Waals surface area contributed by atoms with Gasteiger partial charge in [0.25, 0.3) is 15.6 Å². The van der Waals surface area contributed by atoms with Gasteiger partial charge in [-0.2, -0.15) is 0 Å². The summed E-state index contributed by atoms with van der Waals surface area (Å²) in [5, 5.41) is 0. The van der Waals surface area contributed by atoms with Crippen LogP contribution >= 0.6 is 12.2 Å². The van der Waals surface area contributed by atoms with Gasteiger partial charge in [0.2, 0.25) is 0 Å². The Bertz CT molecular complexity index is 1190. The van der Waals surface area contributed by atoms with Gasteiger partial charge in [-0.25, -0.2) is 12.4 Å². The van der Waals surface area contributed by atoms with Gasteiger partial charge in [-0.3, -0.25) is 14.7 Å². The molecule has 3 heterocycles. The highest BCUT2D eigenvalue weighted by molar-refractivity contribution is 7.90. The maximum atomic E-state index is 12.9. The molecule has 0 aliphatic carbocycles. The lowest BCUT2D eigenvalue weighted by atomic mass is 10.1. The molecule has 4 rings (SSSR count). The summed E-state index contributed by atoms with van der Waals surface area (Å²) in [6.45, 7) is 1.57. The van der Waals surface area contributed by atoms with Crippen molar-refractivity contribution in [1.82, 2.24) is 18.8 Å². The van der Waals surface area contributed by atoms with E-state index in [1.807, 2.05) is 0 Å². The highest BCUT2D eigenvalue weighted by Crippen LogP contribution is 2.20. The van der Waals surface area contributed by atoms with Crippen molar-refractivity contribution in [1.29, 1.82) is 0 Å². The predicted octanol–water partition coefficient (Wildman–Crippen LogP) is 2.03. The Morgan fingerprint density at radius 1 is 1.07 bits per heavy atom. The average molecular weight is 403 g/mol. The van der Waals surface area contributed by atoms with Crippen LogP contribution in [-0.2, 0) is 29.5 Å². The van der Waals surface area contributed by atoms with Crippen LogP contribution in [0.15, 0.2) is 58.4 Å². The molecule has 9 heteroatoms. The van der Waals surface area contributed by atoms with Crippen LogP contribution in [0.4, 0.5) is 0 Å². The van der Waals surface area contributed by atoms with E-state index in [-0.39, 0.29) is 10.5 Å². The fourth-order valence-electron chi connectivity index (χ4n) is 3.34. The molecule has 7 nitrogen and oxygen atoms in total. The Kier molecular flexibility index (Phi) is 4.58. The second-order valence-corrected chi connectivity index (χ2v) is 8.66. The number of hydrogen-bond acceptors (Lipinski definition) is 5. The number of fused-ring (bicyclic) bond motifs is 1. The molecule has 27 heavy (non-hydrogen) atoms. The quantitative estimate of drug-likeness (QED) is 0.652. The van der Waals surface area contributed by atoms with E-state index in [0.29, 0.717) is 42.1 Å². The lowest BCUT2D eigenvalue weighted by Gasteiger charge is -2.28. The average Bonchev–Trinajstić information content (AvgIpc) is 3.12. The third kappa shape index (κ3) is 3.41. The Labute approximate surface area is 161 Å². The number of H-pyrrole nitrogens is 2. The summed E-state index contributed by atoms with van der Waals surface area (Å²) >= 11 is 5.02. The van der Waals surface area contributed by atoms with Gasteiger partial charge in [0, 0.05) is 43.6 Å². The lowest BCUT2D eigenvalue weighted by molar-refractivity contribution is 0.238. The molecule has 0 atom stereocenters. The first-order valence-corrected chi connectivity index (χ1v) is 10.3. The molecule has 3 aromatic rings. The summed E-state index contributed by atoms with van der Waals surface area (Å²) in [5.74, 6) is 0. The highest BCUT2D eigenvalue weighted by atomic mass is 32.2. The van der Waals surface area contributed by atoms with Gasteiger partial charge in [0.1, 0.15) is 0 Å². The van der Waals surface area contributed by atoms with E-state index in [9.17, 15) is 13.2 Å². The minimum Gasteiger partial charge on any atom is -0.335 e. The largest absolute Gasteiger partial charge is 0.335 e. The number of benzene rings is 1. The molecule has 0 radical (unpaired) electrons. The van der Waals surface area contributed by atoms with Crippen molar-refractivity contribution in [2.75, 3.05) is 6.54 Å². The van der Waals surface area contributed by atoms with E-state index in [1.54, 1.807) is 48.7 Å². The van der Waals surface area contributed by atoms with Gasteiger partial charge < -0.3 is 4.98 Å². The molecule has 1 aliphatic heterocycles. The van der Waals surface area contributed by atoms with Gasteiger partial charge in [-0.1, -0.05) is 18.2 Å². The van der Waals surface area contributed by atoms with Crippen molar-refractivity contribution >= 4 is 22.2 Å². The molecule has 1 aromatic carbocycles. The molecule has 2 aromatic heterocycles. The molecule has 0 saturated carbocycles. The molecule has 0 unspecified atom stereocenters. The molecule has 1 aliphatic rings. The number of rotatable bonds is 4. The second kappa shape index (κ2) is 6.91. The Morgan fingerprint density at radius 2 is 1.85 bits per heavy atom. The molecule has 0 bridgehead atoms. The number of nitrogens with zero attached hydrogens (tertiary/aromatic N) is 2. The van der Waals surface area contributed by atoms with Crippen LogP contribution in [0.3, 0.4) is 0 Å². The Balaban J connectivity index is 1.62. The third-order valence-corrected chi connectivity index (χ3v) is 6.61. The van der Waals surface area contributed by atoms with Crippen LogP contribution in [0, 0.1) is 4.77 Å². The van der Waals surface area contributed by atoms with Crippen LogP contribution in [0.1, 0.15) is 17.0 Å². The van der Waals surface area contributed by atoms with Gasteiger partial charge in [-0.15, -0.1) is 0 Å². The first kappa shape index (κ1) is 17.9. The monoisotopic (exact) mass is 402 g/mol. The maximum Gasteiger partial charge on any atom is 0.267 e. The van der Waals surface area contributed by atoms with Crippen LogP contribution in [0.5, 0.6) is 0 Å². The topological polar surface area (TPSA) is 91.0 Å². The van der Waals surface area contributed by atoms with E-state index in [0.717, 1.165) is 5.69 Å². The van der Waals surface area contributed by atoms with Gasteiger partial charge in [0.15, 0.2) is 4.77 Å². The number of aromatic amines is 2. The zero-order chi connectivity index (χ0) is 19.0. The summed E-state index contributed by atoms with van der Waals surface area (Å²) in [5.41, 5.74) is 1.97. The van der Waals surface area contributed by atoms with Gasteiger partial charge >= 0.3 is 0 Å². The second-order valence-electron chi connectivity index (χ2n) is 6.44. The minimum absolute atomic E-state index is 0.189. The third-order valence-electron chi connectivity index (χ3n) is 4.67. The molecule has 0 fully saturated rings. The van der Waals surface area contributed by atoms with E-state index in [2.05, 4.69) is 14.9 Å². The zero-order valence-corrected chi connectivity index (χ0v) is 16.0. The molecular weight excluding hydrogens is 384 g/mol. The molecule has 140 valence electrons. The Hall–Kier alpha value is -2.49. The first-order valence-electron chi connectivity index (χ1n) is 8.49. The molecule has 0 spiro atoms. The van der Waals surface area contributed by atoms with Crippen molar-refractivity contribution in [3.05, 3.63) is 80.7 Å². The van der Waals surface area contributed by atoms with Gasteiger partial charge in [0.05, 0.1) is 10.5 Å². The molecule has 0 amide bonds. The van der Waals surface area contributed by atoms with Crippen molar-refractivity contribution < 1.29 is 8.42 Å². The maximum absolute atomic E-state index is 12.9. The van der Waals surface area contributed by atoms with Crippen molar-refractivity contribution in [3.8, 4) is 0 Å².